The maximum atomic E-state index is 12.9. The SMILES string of the molecule is CNC(=O)c1cc(Oc2ccc3c(c2)nc(Nc2ccc(C(=O)N4CCCC4C(N)=O)cc2)n3C)ccn1. The Morgan fingerprint density at radius 1 is 1.05 bits per heavy atom. The molecule has 0 spiro atoms. The van der Waals surface area contributed by atoms with Gasteiger partial charge in [-0.3, -0.25) is 19.4 Å². The van der Waals surface area contributed by atoms with E-state index in [4.69, 9.17) is 10.5 Å². The lowest BCUT2D eigenvalue weighted by Gasteiger charge is -2.22. The van der Waals surface area contributed by atoms with Gasteiger partial charge in [-0.2, -0.15) is 0 Å². The highest BCUT2D eigenvalue weighted by Gasteiger charge is 2.33. The number of primary amides is 1. The summed E-state index contributed by atoms with van der Waals surface area (Å²) in [6, 6.07) is 15.3. The van der Waals surface area contributed by atoms with Crippen molar-refractivity contribution in [3.63, 3.8) is 0 Å². The van der Waals surface area contributed by atoms with E-state index >= 15 is 0 Å². The number of nitrogens with two attached hydrogens (primary N) is 1. The van der Waals surface area contributed by atoms with Crippen LogP contribution in [0.4, 0.5) is 11.6 Å². The van der Waals surface area contributed by atoms with Crippen LogP contribution in [0.1, 0.15) is 33.7 Å². The third-order valence-corrected chi connectivity index (χ3v) is 6.51. The van der Waals surface area contributed by atoms with Crippen molar-refractivity contribution in [3.05, 3.63) is 72.1 Å². The molecule has 3 amide bonds. The lowest BCUT2D eigenvalue weighted by molar-refractivity contribution is -0.121. The number of hydrogen-bond acceptors (Lipinski definition) is 7. The number of carbonyl (C=O) groups excluding carboxylic acids is 3. The second kappa shape index (κ2) is 10.2. The zero-order valence-corrected chi connectivity index (χ0v) is 21.0. The van der Waals surface area contributed by atoms with Crippen molar-refractivity contribution < 1.29 is 19.1 Å². The first-order valence-corrected chi connectivity index (χ1v) is 12.1. The summed E-state index contributed by atoms with van der Waals surface area (Å²) in [7, 11) is 3.44. The van der Waals surface area contributed by atoms with Gasteiger partial charge < -0.3 is 30.6 Å². The molecule has 11 nitrogen and oxygen atoms in total. The summed E-state index contributed by atoms with van der Waals surface area (Å²) in [6.07, 6.45) is 2.87. The highest BCUT2D eigenvalue weighted by Crippen LogP contribution is 2.28. The predicted molar refractivity (Wildman–Crippen MR) is 141 cm³/mol. The maximum absolute atomic E-state index is 12.9. The van der Waals surface area contributed by atoms with E-state index in [0.29, 0.717) is 41.5 Å². The van der Waals surface area contributed by atoms with Crippen molar-refractivity contribution in [3.8, 4) is 11.5 Å². The zero-order chi connectivity index (χ0) is 26.8. The topological polar surface area (TPSA) is 144 Å². The highest BCUT2D eigenvalue weighted by atomic mass is 16.5. The molecule has 3 heterocycles. The minimum absolute atomic E-state index is 0.204. The number of fused-ring (bicyclic) bond motifs is 1. The van der Waals surface area contributed by atoms with Gasteiger partial charge in [0.05, 0.1) is 11.0 Å². The molecular formula is C27H27N7O4. The van der Waals surface area contributed by atoms with Gasteiger partial charge in [-0.1, -0.05) is 0 Å². The fourth-order valence-electron chi connectivity index (χ4n) is 4.51. The lowest BCUT2D eigenvalue weighted by Crippen LogP contribution is -2.43. The molecule has 38 heavy (non-hydrogen) atoms. The third-order valence-electron chi connectivity index (χ3n) is 6.51. The van der Waals surface area contributed by atoms with Crippen molar-refractivity contribution in [2.75, 3.05) is 18.9 Å². The Kier molecular flexibility index (Phi) is 6.65. The number of likely N-dealkylation sites (tertiary alicyclic amines) is 1. The minimum atomic E-state index is -0.550. The van der Waals surface area contributed by atoms with E-state index in [2.05, 4.69) is 20.6 Å². The van der Waals surface area contributed by atoms with Gasteiger partial charge in [0.25, 0.3) is 11.8 Å². The van der Waals surface area contributed by atoms with Gasteiger partial charge in [0.1, 0.15) is 23.2 Å². The summed E-state index contributed by atoms with van der Waals surface area (Å²) in [4.78, 5) is 46.7. The smallest absolute Gasteiger partial charge is 0.269 e. The Morgan fingerprint density at radius 3 is 2.55 bits per heavy atom. The number of nitrogens with one attached hydrogen (secondary N) is 2. The monoisotopic (exact) mass is 513 g/mol. The van der Waals surface area contributed by atoms with Crippen LogP contribution in [0, 0.1) is 0 Å². The number of nitrogens with zero attached hydrogens (tertiary/aromatic N) is 4. The number of aromatic nitrogens is 3. The number of anilines is 2. The molecule has 1 aliphatic heterocycles. The molecule has 5 rings (SSSR count). The molecule has 0 radical (unpaired) electrons. The van der Waals surface area contributed by atoms with Crippen molar-refractivity contribution in [2.45, 2.75) is 18.9 Å². The van der Waals surface area contributed by atoms with E-state index in [0.717, 1.165) is 17.6 Å². The van der Waals surface area contributed by atoms with Gasteiger partial charge in [0.2, 0.25) is 11.9 Å². The van der Waals surface area contributed by atoms with Crippen LogP contribution in [0.5, 0.6) is 11.5 Å². The number of imidazole rings is 1. The summed E-state index contributed by atoms with van der Waals surface area (Å²) in [6.45, 7) is 0.522. The molecule has 4 N–H and O–H groups in total. The summed E-state index contributed by atoms with van der Waals surface area (Å²) in [5.74, 6) is 0.682. The fourth-order valence-corrected chi connectivity index (χ4v) is 4.51. The fraction of sp³-hybridized carbons (Fsp3) is 0.222. The summed E-state index contributed by atoms with van der Waals surface area (Å²) >= 11 is 0. The molecule has 1 fully saturated rings. The molecular weight excluding hydrogens is 486 g/mol. The predicted octanol–water partition coefficient (Wildman–Crippen LogP) is 2.95. The second-order valence-corrected chi connectivity index (χ2v) is 8.96. The van der Waals surface area contributed by atoms with Crippen LogP contribution < -0.4 is 21.1 Å². The van der Waals surface area contributed by atoms with Gasteiger partial charge in [-0.05, 0) is 55.3 Å². The summed E-state index contributed by atoms with van der Waals surface area (Å²) in [5.41, 5.74) is 8.56. The lowest BCUT2D eigenvalue weighted by atomic mass is 10.1. The van der Waals surface area contributed by atoms with Gasteiger partial charge in [-0.15, -0.1) is 0 Å². The number of carbonyl (C=O) groups is 3. The van der Waals surface area contributed by atoms with Gasteiger partial charge in [-0.25, -0.2) is 4.98 Å². The second-order valence-electron chi connectivity index (χ2n) is 8.96. The van der Waals surface area contributed by atoms with E-state index in [1.807, 2.05) is 29.8 Å². The molecule has 1 atom stereocenters. The number of amides is 3. The Hall–Kier alpha value is -4.93. The number of rotatable bonds is 7. The molecule has 0 saturated carbocycles. The standard InChI is InChI=1S/C27H27N7O4/c1-29-25(36)21-15-19(11-12-30-21)38-18-9-10-22-20(14-18)32-27(33(22)2)31-17-7-5-16(6-8-17)26(37)34-13-3-4-23(34)24(28)35/h5-12,14-15,23H,3-4,13H2,1-2H3,(H2,28,35)(H,29,36)(H,31,32). The number of benzene rings is 2. The molecule has 11 heteroatoms. The van der Waals surface area contributed by atoms with Crippen LogP contribution in [0.3, 0.4) is 0 Å². The molecule has 194 valence electrons. The first kappa shape index (κ1) is 24.8. The van der Waals surface area contributed by atoms with Gasteiger partial charge in [0.15, 0.2) is 0 Å². The number of aryl methyl sites for hydroxylation is 1. The van der Waals surface area contributed by atoms with E-state index in [1.165, 1.54) is 6.20 Å². The normalized spacial score (nSPS) is 14.9. The Bertz CT molecular complexity index is 1530. The molecule has 0 aliphatic carbocycles. The van der Waals surface area contributed by atoms with Crippen LogP contribution in [0.25, 0.3) is 11.0 Å². The van der Waals surface area contributed by atoms with Crippen LogP contribution >= 0.6 is 0 Å². The van der Waals surface area contributed by atoms with Crippen molar-refractivity contribution in [1.82, 2.24) is 24.8 Å². The van der Waals surface area contributed by atoms with E-state index in [1.54, 1.807) is 48.3 Å². The quantitative estimate of drug-likeness (QED) is 0.345. The zero-order valence-electron chi connectivity index (χ0n) is 21.0. The van der Waals surface area contributed by atoms with Crippen LogP contribution in [-0.2, 0) is 11.8 Å². The van der Waals surface area contributed by atoms with E-state index in [9.17, 15) is 14.4 Å². The van der Waals surface area contributed by atoms with Crippen LogP contribution in [-0.4, -0.2) is 56.8 Å². The molecule has 2 aromatic carbocycles. The number of hydrogen-bond donors (Lipinski definition) is 3. The number of ether oxygens (including phenoxy) is 1. The molecule has 2 aromatic heterocycles. The van der Waals surface area contributed by atoms with Crippen molar-refractivity contribution >= 4 is 40.4 Å². The molecule has 1 aliphatic rings. The van der Waals surface area contributed by atoms with Gasteiger partial charge >= 0.3 is 0 Å². The molecule has 1 unspecified atom stereocenters. The highest BCUT2D eigenvalue weighted by molar-refractivity contribution is 5.98. The first-order valence-electron chi connectivity index (χ1n) is 12.1. The third kappa shape index (κ3) is 4.85. The van der Waals surface area contributed by atoms with Crippen molar-refractivity contribution in [2.24, 2.45) is 12.8 Å². The summed E-state index contributed by atoms with van der Waals surface area (Å²) < 4.78 is 7.85. The molecule has 4 aromatic rings. The van der Waals surface area contributed by atoms with E-state index in [-0.39, 0.29) is 17.5 Å². The Morgan fingerprint density at radius 2 is 1.82 bits per heavy atom. The first-order chi connectivity index (χ1) is 18.3. The van der Waals surface area contributed by atoms with E-state index < -0.39 is 11.9 Å². The van der Waals surface area contributed by atoms with Crippen LogP contribution in [0.15, 0.2) is 60.8 Å². The average molecular weight is 514 g/mol. The Balaban J connectivity index is 1.31. The number of pyridine rings is 1. The minimum Gasteiger partial charge on any atom is -0.457 e. The molecule has 0 bridgehead atoms. The largest absolute Gasteiger partial charge is 0.457 e. The molecule has 1 saturated heterocycles. The van der Waals surface area contributed by atoms with Crippen molar-refractivity contribution in [1.29, 1.82) is 0 Å². The summed E-state index contributed by atoms with van der Waals surface area (Å²) in [5, 5.41) is 5.82. The van der Waals surface area contributed by atoms with Gasteiger partial charge in [0, 0.05) is 50.2 Å². The average Bonchev–Trinajstić information content (AvgIpc) is 3.53. The van der Waals surface area contributed by atoms with Crippen LogP contribution in [0.2, 0.25) is 0 Å². The maximum Gasteiger partial charge on any atom is 0.269 e. The Labute approximate surface area is 218 Å².